The highest BCUT2D eigenvalue weighted by Gasteiger charge is 2.45. The van der Waals surface area contributed by atoms with E-state index in [1.807, 2.05) is 121 Å². The summed E-state index contributed by atoms with van der Waals surface area (Å²) in [6.07, 6.45) is 0. The van der Waals surface area contributed by atoms with Crippen molar-refractivity contribution in [1.29, 1.82) is 0 Å². The number of ether oxygens (including phenoxy) is 1. The second kappa shape index (κ2) is 30.6. The Labute approximate surface area is 792 Å². The second-order valence-electron chi connectivity index (χ2n) is 36.0. The van der Waals surface area contributed by atoms with E-state index in [2.05, 4.69) is 288 Å². The monoisotopic (exact) mass is 1840 g/mol. The topological polar surface area (TPSA) is 142 Å². The maximum atomic E-state index is 14.8. The third kappa shape index (κ3) is 12.1. The van der Waals surface area contributed by atoms with E-state index in [4.69, 9.17) is 4.74 Å². The van der Waals surface area contributed by atoms with Crippen molar-refractivity contribution in [2.24, 2.45) is 0 Å². The Morgan fingerprint density at radius 1 is 0.219 bits per heavy atom. The van der Waals surface area contributed by atoms with E-state index in [0.717, 1.165) is 123 Å². The predicted molar refractivity (Wildman–Crippen MR) is 556 cm³/mol. The Balaban J connectivity index is 0.0000000947. The molecule has 0 saturated carbocycles. The van der Waals surface area contributed by atoms with Gasteiger partial charge in [-0.3, -0.25) is 0 Å². The van der Waals surface area contributed by atoms with Gasteiger partial charge in [-0.2, -0.15) is 0 Å². The largest absolute Gasteiger partial charge is 0.455 e. The molecule has 654 valence electrons. The average Bonchev–Trinajstić information content (AvgIpc) is 1.48. The van der Waals surface area contributed by atoms with Gasteiger partial charge in [0, 0.05) is 105 Å². The van der Waals surface area contributed by atoms with E-state index in [-0.39, 0.29) is 9.79 Å². The lowest BCUT2D eigenvalue weighted by Gasteiger charge is -2.37. The van der Waals surface area contributed by atoms with Gasteiger partial charge in [0.25, 0.3) is 0 Å². The SMILES string of the molecule is CC1(C)c2ccccc2S(=O)(=O)c2ccc(N3c4ccccc4-c4cccc5cccc3c45)cc21.O=P1(c2ccccc2)c2ccccc2-c2cc(N3c4ccccc4-c4cccc5cccc3c45)ccc21.O=S1(=O)c2ccccc2-c2cc(N3c4ccccc4-c4cccc5cccc3c45)ccc21.O=S1(=O)c2ccccc2Oc2cc(N3c4ccccc4-c4cccc5cccc3c45)ccc21. The molecule has 8 heterocycles. The van der Waals surface area contributed by atoms with Gasteiger partial charge >= 0.3 is 0 Å². The van der Waals surface area contributed by atoms with Crippen LogP contribution in [0, 0.1) is 0 Å². The van der Waals surface area contributed by atoms with Crippen LogP contribution in [0.2, 0.25) is 0 Å². The number of rotatable bonds is 5. The van der Waals surface area contributed by atoms with E-state index in [9.17, 15) is 29.8 Å². The molecule has 29 rings (SSSR count). The smallest absolute Gasteiger partial charge is 0.213 e. The number of hydrogen-bond donors (Lipinski definition) is 0. The highest BCUT2D eigenvalue weighted by Crippen LogP contribution is 2.61. The molecule has 8 aliphatic heterocycles. The van der Waals surface area contributed by atoms with Crippen LogP contribution in [0.3, 0.4) is 0 Å². The van der Waals surface area contributed by atoms with Crippen molar-refractivity contribution in [3.8, 4) is 78.3 Å². The summed E-state index contributed by atoms with van der Waals surface area (Å²) in [7, 11) is -13.7. The molecule has 21 aromatic rings. The fourth-order valence-corrected chi connectivity index (χ4v) is 30.4. The van der Waals surface area contributed by atoms with E-state index < -0.39 is 42.1 Å². The summed E-state index contributed by atoms with van der Waals surface area (Å²) >= 11 is 0. The molecule has 8 aliphatic rings. The minimum Gasteiger partial charge on any atom is -0.455 e. The Bertz CT molecular complexity index is 9260. The Kier molecular flexibility index (Phi) is 18.2. The molecular weight excluding hydrogens is 1760 g/mol. The minimum atomic E-state index is -3.64. The first-order chi connectivity index (χ1) is 66.9. The fraction of sp³-hybridized carbons (Fsp3) is 0.0248. The lowest BCUT2D eigenvalue weighted by molar-refractivity contribution is 0.443. The normalized spacial score (nSPS) is 15.7. The zero-order chi connectivity index (χ0) is 92.1. The lowest BCUT2D eigenvalue weighted by Crippen LogP contribution is -2.30. The zero-order valence-corrected chi connectivity index (χ0v) is 77.2. The molecule has 0 amide bonds. The third-order valence-electron chi connectivity index (χ3n) is 28.3. The van der Waals surface area contributed by atoms with Crippen molar-refractivity contribution in [3.05, 3.63) is 454 Å². The van der Waals surface area contributed by atoms with Gasteiger partial charge in [-0.05, 0) is 206 Å². The van der Waals surface area contributed by atoms with Crippen LogP contribution in [-0.4, -0.2) is 25.3 Å². The number of fused-ring (bicyclic) bond motifs is 18. The van der Waals surface area contributed by atoms with Crippen molar-refractivity contribution < 1.29 is 34.6 Å². The van der Waals surface area contributed by atoms with Crippen molar-refractivity contribution in [2.75, 3.05) is 19.6 Å². The summed E-state index contributed by atoms with van der Waals surface area (Å²) in [5, 5.41) is 12.4. The molecule has 0 radical (unpaired) electrons. The first-order valence-electron chi connectivity index (χ1n) is 45.6. The maximum Gasteiger partial charge on any atom is 0.213 e. The molecule has 137 heavy (non-hydrogen) atoms. The van der Waals surface area contributed by atoms with Crippen LogP contribution in [0.4, 0.5) is 68.2 Å². The van der Waals surface area contributed by atoms with Gasteiger partial charge < -0.3 is 28.9 Å². The van der Waals surface area contributed by atoms with Crippen LogP contribution < -0.4 is 40.3 Å². The van der Waals surface area contributed by atoms with Crippen LogP contribution in [0.25, 0.3) is 110 Å². The van der Waals surface area contributed by atoms with Crippen molar-refractivity contribution in [3.63, 3.8) is 0 Å². The van der Waals surface area contributed by atoms with E-state index in [0.29, 0.717) is 31.1 Å². The Morgan fingerprint density at radius 3 is 1.01 bits per heavy atom. The molecule has 0 aromatic heterocycles. The summed E-state index contributed by atoms with van der Waals surface area (Å²) < 4.78 is 101. The minimum absolute atomic E-state index is 0.189. The van der Waals surface area contributed by atoms with Crippen LogP contribution in [0.15, 0.2) is 472 Å². The number of sulfone groups is 3. The molecule has 0 aliphatic carbocycles. The fourth-order valence-electron chi connectivity index (χ4n) is 22.3. The predicted octanol–water partition coefficient (Wildman–Crippen LogP) is 30.0. The maximum absolute atomic E-state index is 14.8. The van der Waals surface area contributed by atoms with Gasteiger partial charge in [0.1, 0.15) is 21.3 Å². The van der Waals surface area contributed by atoms with Gasteiger partial charge in [0.2, 0.25) is 29.5 Å². The standard InChI is InChI=1S/C34H22NOP.C31H23NO2S.C28H17NO3S.C28H17NO2S/c36-37(25-12-2-1-3-13-25)32-19-7-5-15-27(32)29-22-24(20-21-33(29)37)35-30-17-6-4-14-26(30)28-16-8-10-23-11-9-18-31(35)34(23)28;1-31(2)24-13-4-6-16-28(24)35(33,34)29-18-17-21(19-25(29)31)32-26-14-5-3-11-22(26)23-12-7-9-20-10-8-15-27(32)30(20)23;30-33(31)26-14-4-3-13-24(26)32-25-17-19(15-16-27(25)33)29-22-11-2-1-9-20(22)21-10-5-7-18-8-6-12-23(29)28(18)21;30-32(31)26-14-4-2-10-21(26)23-17-19(15-16-27(23)32)29-24-12-3-1-9-20(24)22-11-5-7-18-8-6-13-25(29)28(18)22/h1-22H;3-19H,1-2H3;1-17H;1-17H. The van der Waals surface area contributed by atoms with E-state index >= 15 is 0 Å². The summed E-state index contributed by atoms with van der Waals surface area (Å²) in [6, 6.07) is 148. The Morgan fingerprint density at radius 2 is 0.526 bits per heavy atom. The summed E-state index contributed by atoms with van der Waals surface area (Å²) in [5.41, 5.74) is 27.1. The van der Waals surface area contributed by atoms with Gasteiger partial charge in [-0.15, -0.1) is 0 Å². The van der Waals surface area contributed by atoms with Gasteiger partial charge in [0.05, 0.1) is 65.1 Å². The van der Waals surface area contributed by atoms with Gasteiger partial charge in [-0.1, -0.05) is 311 Å². The molecule has 21 aromatic carbocycles. The van der Waals surface area contributed by atoms with Gasteiger partial charge in [0.15, 0.2) is 7.14 Å². The molecule has 0 saturated heterocycles. The molecule has 0 fully saturated rings. The van der Waals surface area contributed by atoms with Crippen molar-refractivity contribution in [2.45, 2.75) is 48.6 Å². The van der Waals surface area contributed by atoms with Gasteiger partial charge in [-0.25, -0.2) is 25.3 Å². The Hall–Kier alpha value is -16.3. The van der Waals surface area contributed by atoms with Crippen LogP contribution in [0.1, 0.15) is 25.0 Å². The molecule has 0 N–H and O–H groups in total. The summed E-state index contributed by atoms with van der Waals surface area (Å²) in [5.74, 6) is 0.698. The molecule has 1 unspecified atom stereocenters. The van der Waals surface area contributed by atoms with Crippen molar-refractivity contribution in [1.82, 2.24) is 0 Å². The molecule has 12 nitrogen and oxygen atoms in total. The molecular formula is C121H79N4O8PS3. The number of nitrogens with zero attached hydrogens (tertiary/aromatic N) is 4. The second-order valence-corrected chi connectivity index (χ2v) is 44.3. The molecule has 16 heteroatoms. The van der Waals surface area contributed by atoms with Crippen LogP contribution in [-0.2, 0) is 39.5 Å². The van der Waals surface area contributed by atoms with E-state index in [1.54, 1.807) is 66.7 Å². The van der Waals surface area contributed by atoms with Crippen LogP contribution >= 0.6 is 7.14 Å². The summed E-state index contributed by atoms with van der Waals surface area (Å²) in [6.45, 7) is 4.23. The summed E-state index contributed by atoms with van der Waals surface area (Å²) in [4.78, 5) is 11.0. The number of hydrogen-bond acceptors (Lipinski definition) is 12. The number of para-hydroxylation sites is 5. The third-order valence-corrected chi connectivity index (χ3v) is 37.0. The average molecular weight is 1840 g/mol. The van der Waals surface area contributed by atoms with E-state index in [1.165, 1.54) is 82.3 Å². The quantitative estimate of drug-likeness (QED) is 0.151. The lowest BCUT2D eigenvalue weighted by atomic mass is 9.77. The van der Waals surface area contributed by atoms with Crippen molar-refractivity contribution >= 4 is 164 Å². The first kappa shape index (κ1) is 81.5. The highest BCUT2D eigenvalue weighted by atomic mass is 32.2. The molecule has 0 spiro atoms. The number of anilines is 12. The highest BCUT2D eigenvalue weighted by molar-refractivity contribution is 7.92. The molecule has 0 bridgehead atoms. The molecule has 1 atom stereocenters. The zero-order valence-electron chi connectivity index (χ0n) is 73.9. The van der Waals surface area contributed by atoms with Crippen LogP contribution in [0.5, 0.6) is 11.5 Å². The number of benzene rings is 21. The first-order valence-corrected chi connectivity index (χ1v) is 51.8.